The van der Waals surface area contributed by atoms with Crippen LogP contribution in [0.15, 0.2) is 41.6 Å². The van der Waals surface area contributed by atoms with Crippen LogP contribution in [0.5, 0.6) is 0 Å². The van der Waals surface area contributed by atoms with Crippen LogP contribution in [0.25, 0.3) is 0 Å². The number of alkyl halides is 3. The topological polar surface area (TPSA) is 84.3 Å². The van der Waals surface area contributed by atoms with Crippen molar-refractivity contribution in [2.45, 2.75) is 37.5 Å². The van der Waals surface area contributed by atoms with Crippen LogP contribution in [0.4, 0.5) is 23.2 Å². The molecule has 1 amide bonds. The van der Waals surface area contributed by atoms with Gasteiger partial charge in [-0.05, 0) is 48.2 Å². The van der Waals surface area contributed by atoms with Gasteiger partial charge >= 0.3 is 6.18 Å². The van der Waals surface area contributed by atoms with E-state index in [4.69, 9.17) is 11.6 Å². The number of carbonyl (C=O) groups is 1. The number of aryl methyl sites for hydroxylation is 2. The summed E-state index contributed by atoms with van der Waals surface area (Å²) in [6.45, 7) is 1.86. The van der Waals surface area contributed by atoms with E-state index in [1.165, 1.54) is 16.6 Å². The first-order valence-electron chi connectivity index (χ1n) is 10.7. The number of rotatable bonds is 5. The van der Waals surface area contributed by atoms with E-state index in [1.807, 2.05) is 0 Å². The summed E-state index contributed by atoms with van der Waals surface area (Å²) in [7, 11) is -2.15. The van der Waals surface area contributed by atoms with Gasteiger partial charge in [0, 0.05) is 26.3 Å². The van der Waals surface area contributed by atoms with E-state index < -0.39 is 33.5 Å². The van der Waals surface area contributed by atoms with Gasteiger partial charge in [-0.1, -0.05) is 23.7 Å². The number of halogens is 5. The molecule has 192 valence electrons. The highest BCUT2D eigenvalue weighted by molar-refractivity contribution is 7.89. The molecule has 0 saturated heterocycles. The fourth-order valence-electron chi connectivity index (χ4n) is 3.99. The maximum atomic E-state index is 13.9. The highest BCUT2D eigenvalue weighted by atomic mass is 35.5. The monoisotopic (exact) mass is 544 g/mol. The molecule has 0 unspecified atom stereocenters. The standard InChI is InChI=1S/C23H21ClF4N4O3S/c1-13-29-21(12-31(13)2)36(34,35)32-8-7-16-15(11-32)4-6-18(24)22(16)30-20(33)10-14-3-5-17(19(25)9-14)23(26,27)28/h3-6,9,12H,7-8,10-11H2,1-2H3,(H,30,33). The largest absolute Gasteiger partial charge is 0.419 e. The lowest BCUT2D eigenvalue weighted by atomic mass is 9.98. The van der Waals surface area contributed by atoms with Crippen LogP contribution in [0, 0.1) is 12.7 Å². The number of hydrogen-bond acceptors (Lipinski definition) is 4. The van der Waals surface area contributed by atoms with Crippen LogP contribution >= 0.6 is 11.6 Å². The molecule has 36 heavy (non-hydrogen) atoms. The van der Waals surface area contributed by atoms with Gasteiger partial charge in [-0.2, -0.15) is 17.5 Å². The SMILES string of the molecule is Cc1nc(S(=O)(=O)N2CCc3c(ccc(Cl)c3NC(=O)Cc3ccc(C(F)(F)F)c(F)c3)C2)cn1C. The van der Waals surface area contributed by atoms with Crippen LogP contribution in [0.2, 0.25) is 5.02 Å². The molecule has 0 spiro atoms. The zero-order chi connectivity index (χ0) is 26.4. The average molecular weight is 545 g/mol. The van der Waals surface area contributed by atoms with Gasteiger partial charge in [0.05, 0.1) is 22.7 Å². The Bertz CT molecular complexity index is 1430. The first kappa shape index (κ1) is 26.1. The van der Waals surface area contributed by atoms with Crippen molar-refractivity contribution < 1.29 is 30.8 Å². The first-order chi connectivity index (χ1) is 16.8. The fraction of sp³-hybridized carbons (Fsp3) is 0.304. The summed E-state index contributed by atoms with van der Waals surface area (Å²) in [6.07, 6.45) is -3.52. The van der Waals surface area contributed by atoms with Gasteiger partial charge in [0.25, 0.3) is 10.0 Å². The van der Waals surface area contributed by atoms with Crippen molar-refractivity contribution in [2.24, 2.45) is 7.05 Å². The molecule has 1 aromatic heterocycles. The Morgan fingerprint density at radius 2 is 1.94 bits per heavy atom. The van der Waals surface area contributed by atoms with E-state index in [0.717, 1.165) is 6.07 Å². The minimum Gasteiger partial charge on any atom is -0.337 e. The minimum atomic E-state index is -4.84. The third-order valence-corrected chi connectivity index (χ3v) is 8.01. The number of imidazole rings is 1. The summed E-state index contributed by atoms with van der Waals surface area (Å²) in [4.78, 5) is 16.7. The second-order valence-electron chi connectivity index (χ2n) is 8.42. The summed E-state index contributed by atoms with van der Waals surface area (Å²) >= 11 is 6.30. The summed E-state index contributed by atoms with van der Waals surface area (Å²) in [5, 5.41) is 2.81. The van der Waals surface area contributed by atoms with Crippen LogP contribution < -0.4 is 5.32 Å². The maximum absolute atomic E-state index is 13.9. The predicted molar refractivity (Wildman–Crippen MR) is 124 cm³/mol. The Hall–Kier alpha value is -2.96. The molecule has 1 aliphatic heterocycles. The molecule has 4 rings (SSSR count). The highest BCUT2D eigenvalue weighted by Crippen LogP contribution is 2.35. The number of amides is 1. The zero-order valence-electron chi connectivity index (χ0n) is 19.2. The fourth-order valence-corrected chi connectivity index (χ4v) is 5.66. The number of fused-ring (bicyclic) bond motifs is 1. The molecule has 0 saturated carbocycles. The van der Waals surface area contributed by atoms with Gasteiger partial charge in [0.1, 0.15) is 11.6 Å². The van der Waals surface area contributed by atoms with Crippen molar-refractivity contribution in [3.05, 3.63) is 75.4 Å². The molecule has 0 radical (unpaired) electrons. The number of aromatic nitrogens is 2. The minimum absolute atomic E-state index is 0.0391. The molecule has 1 N–H and O–H groups in total. The molecular formula is C23H21ClF4N4O3S. The number of hydrogen-bond donors (Lipinski definition) is 1. The van der Waals surface area contributed by atoms with E-state index in [9.17, 15) is 30.8 Å². The number of nitrogens with zero attached hydrogens (tertiary/aromatic N) is 3. The van der Waals surface area contributed by atoms with Crippen LogP contribution in [0.1, 0.15) is 28.1 Å². The third-order valence-electron chi connectivity index (χ3n) is 5.98. The van der Waals surface area contributed by atoms with Gasteiger partial charge in [-0.3, -0.25) is 4.79 Å². The number of nitrogens with one attached hydrogen (secondary N) is 1. The molecule has 1 aliphatic rings. The second-order valence-corrected chi connectivity index (χ2v) is 10.7. The predicted octanol–water partition coefficient (Wildman–Crippen LogP) is 4.47. The Balaban J connectivity index is 1.53. The van der Waals surface area contributed by atoms with Gasteiger partial charge in [-0.25, -0.2) is 17.8 Å². The van der Waals surface area contributed by atoms with Crippen molar-refractivity contribution in [1.82, 2.24) is 13.9 Å². The number of anilines is 1. The number of carbonyl (C=O) groups excluding carboxylic acids is 1. The van der Waals surface area contributed by atoms with Gasteiger partial charge in [-0.15, -0.1) is 0 Å². The lowest BCUT2D eigenvalue weighted by Gasteiger charge is -2.29. The molecule has 0 atom stereocenters. The first-order valence-corrected chi connectivity index (χ1v) is 12.5. The average Bonchev–Trinajstić information content (AvgIpc) is 3.13. The van der Waals surface area contributed by atoms with Gasteiger partial charge in [0.15, 0.2) is 5.03 Å². The summed E-state index contributed by atoms with van der Waals surface area (Å²) in [5.74, 6) is -1.52. The molecule has 0 aliphatic carbocycles. The second kappa shape index (κ2) is 9.49. The Labute approximate surface area is 209 Å². The Morgan fingerprint density at radius 1 is 1.22 bits per heavy atom. The number of benzene rings is 2. The molecule has 0 fully saturated rings. The quantitative estimate of drug-likeness (QED) is 0.481. The maximum Gasteiger partial charge on any atom is 0.419 e. The normalized spacial score (nSPS) is 14.5. The lowest BCUT2D eigenvalue weighted by molar-refractivity contribution is -0.140. The summed E-state index contributed by atoms with van der Waals surface area (Å²) < 4.78 is 81.2. The summed E-state index contributed by atoms with van der Waals surface area (Å²) in [6, 6.07) is 5.49. The Kier molecular flexibility index (Phi) is 6.88. The smallest absolute Gasteiger partial charge is 0.337 e. The van der Waals surface area contributed by atoms with Crippen molar-refractivity contribution in [2.75, 3.05) is 11.9 Å². The van der Waals surface area contributed by atoms with E-state index in [1.54, 1.807) is 24.6 Å². The third kappa shape index (κ3) is 5.11. The van der Waals surface area contributed by atoms with Gasteiger partial charge < -0.3 is 9.88 Å². The zero-order valence-corrected chi connectivity index (χ0v) is 20.7. The van der Waals surface area contributed by atoms with Crippen molar-refractivity contribution in [3.63, 3.8) is 0 Å². The molecular weight excluding hydrogens is 524 g/mol. The molecule has 2 heterocycles. The van der Waals surface area contributed by atoms with E-state index in [-0.39, 0.29) is 47.2 Å². The van der Waals surface area contributed by atoms with Gasteiger partial charge in [0.2, 0.25) is 5.91 Å². The highest BCUT2D eigenvalue weighted by Gasteiger charge is 2.34. The Morgan fingerprint density at radius 3 is 2.56 bits per heavy atom. The molecule has 3 aromatic rings. The summed E-state index contributed by atoms with van der Waals surface area (Å²) in [5.41, 5.74) is 0.224. The van der Waals surface area contributed by atoms with E-state index in [2.05, 4.69) is 10.3 Å². The van der Waals surface area contributed by atoms with Crippen LogP contribution in [0.3, 0.4) is 0 Å². The van der Waals surface area contributed by atoms with E-state index in [0.29, 0.717) is 29.1 Å². The van der Waals surface area contributed by atoms with Crippen LogP contribution in [-0.2, 0) is 47.4 Å². The molecule has 13 heteroatoms. The van der Waals surface area contributed by atoms with Crippen molar-refractivity contribution >= 4 is 33.2 Å². The number of sulfonamides is 1. The van der Waals surface area contributed by atoms with Crippen molar-refractivity contribution in [3.8, 4) is 0 Å². The molecule has 0 bridgehead atoms. The molecule has 7 nitrogen and oxygen atoms in total. The lowest BCUT2D eigenvalue weighted by Crippen LogP contribution is -2.36. The van der Waals surface area contributed by atoms with Crippen molar-refractivity contribution in [1.29, 1.82) is 0 Å². The van der Waals surface area contributed by atoms with E-state index >= 15 is 0 Å². The molecule has 2 aromatic carbocycles. The van der Waals surface area contributed by atoms with Crippen LogP contribution in [-0.4, -0.2) is 34.7 Å².